The summed E-state index contributed by atoms with van der Waals surface area (Å²) in [6, 6.07) is 0. The van der Waals surface area contributed by atoms with Gasteiger partial charge in [-0.3, -0.25) is 0 Å². The Kier molecular flexibility index (Phi) is 3.09. The maximum atomic E-state index is 8.23. The van der Waals surface area contributed by atoms with Gasteiger partial charge >= 0.3 is 0 Å². The van der Waals surface area contributed by atoms with Crippen molar-refractivity contribution in [2.75, 3.05) is 0 Å². The third kappa shape index (κ3) is 2.92. The molecular formula is C8H14N5. The molecule has 13 heavy (non-hydrogen) atoms. The maximum Gasteiger partial charge on any atom is 0.228 e. The van der Waals surface area contributed by atoms with E-state index in [0.717, 1.165) is 25.7 Å². The quantitative estimate of drug-likeness (QED) is 0.337. The average molecular weight is 180 g/mol. The van der Waals surface area contributed by atoms with Gasteiger partial charge in [0, 0.05) is 0 Å². The van der Waals surface area contributed by atoms with Crippen LogP contribution < -0.4 is 16.8 Å². The number of rotatable bonds is 1. The molecule has 0 aliphatic heterocycles. The molecule has 0 atom stereocenters. The molecule has 5 nitrogen and oxygen atoms in total. The Bertz CT molecular complexity index is 233. The van der Waals surface area contributed by atoms with Gasteiger partial charge in [-0.2, -0.15) is 5.26 Å². The fraction of sp³-hybridized carbons (Fsp3) is 0.750. The van der Waals surface area contributed by atoms with Gasteiger partial charge in [0.05, 0.1) is 0 Å². The molecule has 4 N–H and O–H groups in total. The second-order valence-corrected chi connectivity index (χ2v) is 3.35. The first-order valence-corrected chi connectivity index (χ1v) is 4.40. The molecule has 71 valence electrons. The van der Waals surface area contributed by atoms with Gasteiger partial charge in [0.25, 0.3) is 0 Å². The number of nitrogens with two attached hydrogens (primary N) is 2. The van der Waals surface area contributed by atoms with Crippen LogP contribution in [-0.2, 0) is 0 Å². The highest BCUT2D eigenvalue weighted by molar-refractivity contribution is 5.79. The van der Waals surface area contributed by atoms with Crippen LogP contribution in [0.4, 0.5) is 0 Å². The fourth-order valence-electron chi connectivity index (χ4n) is 1.58. The van der Waals surface area contributed by atoms with E-state index in [1.807, 2.05) is 0 Å². The molecule has 1 saturated carbocycles. The minimum absolute atomic E-state index is 0.00750. The van der Waals surface area contributed by atoms with Gasteiger partial charge in [-0.05, 0) is 25.7 Å². The fourth-order valence-corrected chi connectivity index (χ4v) is 1.58. The van der Waals surface area contributed by atoms with Crippen LogP contribution in [-0.4, -0.2) is 11.6 Å². The van der Waals surface area contributed by atoms with Crippen LogP contribution in [0.15, 0.2) is 4.99 Å². The summed E-state index contributed by atoms with van der Waals surface area (Å²) in [4.78, 5) is 4.04. The highest BCUT2D eigenvalue weighted by Crippen LogP contribution is 2.26. The van der Waals surface area contributed by atoms with E-state index < -0.39 is 5.66 Å². The van der Waals surface area contributed by atoms with Gasteiger partial charge in [-0.25, -0.2) is 4.99 Å². The van der Waals surface area contributed by atoms with Gasteiger partial charge in [-0.1, -0.05) is 6.42 Å². The largest absolute Gasteiger partial charge is 0.367 e. The molecule has 0 bridgehead atoms. The minimum Gasteiger partial charge on any atom is -0.367 e. The lowest BCUT2D eigenvalue weighted by Gasteiger charge is -2.29. The monoisotopic (exact) mass is 180 g/mol. The molecule has 1 radical (unpaired) electrons. The predicted octanol–water partition coefficient (Wildman–Crippen LogP) is 0.00568. The third-order valence-corrected chi connectivity index (χ3v) is 2.22. The van der Waals surface area contributed by atoms with Crippen molar-refractivity contribution in [1.82, 2.24) is 5.32 Å². The van der Waals surface area contributed by atoms with Crippen molar-refractivity contribution in [3.8, 4) is 6.19 Å². The summed E-state index contributed by atoms with van der Waals surface area (Å²) in [6.07, 6.45) is 6.58. The Balaban J connectivity index is 2.58. The number of nitrogens with zero attached hydrogens (tertiary/aromatic N) is 3. The Morgan fingerprint density at radius 1 is 1.31 bits per heavy atom. The zero-order chi connectivity index (χ0) is 9.73. The first-order chi connectivity index (χ1) is 6.16. The zero-order valence-corrected chi connectivity index (χ0v) is 7.53. The van der Waals surface area contributed by atoms with E-state index in [2.05, 4.69) is 10.3 Å². The SMILES string of the molecule is N#C[N]C(N)=NC1(N)CCCCC1. The zero-order valence-electron chi connectivity index (χ0n) is 7.53. The molecule has 0 amide bonds. The van der Waals surface area contributed by atoms with Crippen molar-refractivity contribution in [2.45, 2.75) is 37.8 Å². The molecule has 0 aromatic rings. The second kappa shape index (κ2) is 4.10. The van der Waals surface area contributed by atoms with Crippen LogP contribution in [0.25, 0.3) is 0 Å². The van der Waals surface area contributed by atoms with E-state index in [9.17, 15) is 0 Å². The number of nitriles is 1. The summed E-state index contributed by atoms with van der Waals surface area (Å²) in [5.41, 5.74) is 10.8. The van der Waals surface area contributed by atoms with Gasteiger partial charge in [-0.15, -0.1) is 5.32 Å². The third-order valence-electron chi connectivity index (χ3n) is 2.22. The molecule has 0 unspecified atom stereocenters. The first-order valence-electron chi connectivity index (χ1n) is 4.40. The van der Waals surface area contributed by atoms with Crippen molar-refractivity contribution < 1.29 is 0 Å². The van der Waals surface area contributed by atoms with Crippen LogP contribution in [0.3, 0.4) is 0 Å². The lowest BCUT2D eigenvalue weighted by Crippen LogP contribution is -2.42. The van der Waals surface area contributed by atoms with E-state index in [0.29, 0.717) is 0 Å². The van der Waals surface area contributed by atoms with Crippen LogP contribution >= 0.6 is 0 Å². The van der Waals surface area contributed by atoms with Gasteiger partial charge < -0.3 is 11.5 Å². The Morgan fingerprint density at radius 3 is 2.46 bits per heavy atom. The molecular weight excluding hydrogens is 166 g/mol. The van der Waals surface area contributed by atoms with Gasteiger partial charge in [0.1, 0.15) is 5.66 Å². The van der Waals surface area contributed by atoms with Crippen molar-refractivity contribution in [3.05, 3.63) is 0 Å². The smallest absolute Gasteiger partial charge is 0.228 e. The standard InChI is InChI=1S/C8H14N5/c9-6-12-7(10)13-8(11)4-2-1-3-5-8/h1-5,11H2,(H2,10,13). The molecule has 0 spiro atoms. The molecule has 1 rings (SSSR count). The van der Waals surface area contributed by atoms with Crippen molar-refractivity contribution in [2.24, 2.45) is 16.5 Å². The van der Waals surface area contributed by atoms with Crippen molar-refractivity contribution in [3.63, 3.8) is 0 Å². The predicted molar refractivity (Wildman–Crippen MR) is 49.4 cm³/mol. The summed E-state index contributed by atoms with van der Waals surface area (Å²) in [5, 5.41) is 11.5. The molecule has 1 aliphatic rings. The van der Waals surface area contributed by atoms with Crippen molar-refractivity contribution >= 4 is 5.96 Å². The van der Waals surface area contributed by atoms with Crippen LogP contribution in [0, 0.1) is 11.5 Å². The minimum atomic E-state index is -0.581. The molecule has 1 fully saturated rings. The summed E-state index contributed by atoms with van der Waals surface area (Å²) < 4.78 is 0. The average Bonchev–Trinajstić information content (AvgIpc) is 2.04. The molecule has 0 aromatic carbocycles. The van der Waals surface area contributed by atoms with Gasteiger partial charge in [0.15, 0.2) is 0 Å². The van der Waals surface area contributed by atoms with E-state index in [4.69, 9.17) is 16.7 Å². The Morgan fingerprint density at radius 2 is 1.92 bits per heavy atom. The Hall–Kier alpha value is -1.28. The van der Waals surface area contributed by atoms with Crippen molar-refractivity contribution in [1.29, 1.82) is 5.26 Å². The summed E-state index contributed by atoms with van der Waals surface area (Å²) in [7, 11) is 0. The van der Waals surface area contributed by atoms with Gasteiger partial charge in [0.2, 0.25) is 12.2 Å². The number of hydrogen-bond donors (Lipinski definition) is 2. The summed E-state index contributed by atoms with van der Waals surface area (Å²) in [6.45, 7) is 0. The number of aliphatic imine (C=N–C) groups is 1. The van der Waals surface area contributed by atoms with Crippen LogP contribution in [0.5, 0.6) is 0 Å². The molecule has 0 saturated heterocycles. The maximum absolute atomic E-state index is 8.23. The lowest BCUT2D eigenvalue weighted by atomic mass is 9.90. The molecule has 0 aromatic heterocycles. The molecule has 0 heterocycles. The van der Waals surface area contributed by atoms with Crippen LogP contribution in [0.1, 0.15) is 32.1 Å². The summed E-state index contributed by atoms with van der Waals surface area (Å²) >= 11 is 0. The molecule has 1 aliphatic carbocycles. The number of guanidine groups is 1. The van der Waals surface area contributed by atoms with E-state index in [1.165, 1.54) is 6.42 Å². The number of hydrogen-bond acceptors (Lipinski definition) is 3. The lowest BCUT2D eigenvalue weighted by molar-refractivity contribution is 0.308. The highest BCUT2D eigenvalue weighted by Gasteiger charge is 2.26. The summed E-state index contributed by atoms with van der Waals surface area (Å²) in [5.74, 6) is -0.00750. The van der Waals surface area contributed by atoms with E-state index in [-0.39, 0.29) is 5.96 Å². The highest BCUT2D eigenvalue weighted by atomic mass is 15.2. The van der Waals surface area contributed by atoms with Crippen LogP contribution in [0.2, 0.25) is 0 Å². The normalized spacial score (nSPS) is 22.0. The topological polar surface area (TPSA) is 102 Å². The second-order valence-electron chi connectivity index (χ2n) is 3.35. The van der Waals surface area contributed by atoms with E-state index >= 15 is 0 Å². The Labute approximate surface area is 77.8 Å². The molecule has 5 heteroatoms. The first kappa shape index (κ1) is 9.81. The van der Waals surface area contributed by atoms with E-state index in [1.54, 1.807) is 6.19 Å².